The number of aryl methyl sites for hydroxylation is 1. The molecule has 1 fully saturated rings. The molecule has 0 saturated carbocycles. The number of hydrogen-bond donors (Lipinski definition) is 4. The Labute approximate surface area is 337 Å². The second kappa shape index (κ2) is 23.3. The van der Waals surface area contributed by atoms with E-state index in [0.717, 1.165) is 50.8 Å². The maximum Gasteiger partial charge on any atom is 0.259 e. The Kier molecular flexibility index (Phi) is 19.6. The minimum Gasteiger partial charge on any atom is -0.495 e. The third-order valence-corrected chi connectivity index (χ3v) is 9.34. The number of carbonyl (C=O) groups excluding carboxylic acids is 3. The molecule has 3 aromatic carbocycles. The number of nitrogens with one attached hydrogen (secondary N) is 3. The van der Waals surface area contributed by atoms with Gasteiger partial charge in [-0.2, -0.15) is 0 Å². The van der Waals surface area contributed by atoms with Gasteiger partial charge < -0.3 is 45.3 Å². The summed E-state index contributed by atoms with van der Waals surface area (Å²) in [6.07, 6.45) is 5.66. The van der Waals surface area contributed by atoms with Crippen LogP contribution in [0.15, 0.2) is 60.7 Å². The standard InChI is InChI=1S/C40H55N7O6.2ClH/c1-28-15-18-33(36(26-28)53-24-10-6-7-14-37(48)47-22-19-30(20-23-47)45(2)3)46(4)39(50)29-16-17-32(35(27-29)51-5)44-38(49)31-12-8-9-13-34(31)52-25-11-21-43-40(41)42;;/h8-9,12-13,15-18,26-27,30H,6-7,10-11,14,19-25H2,1-5H3,(H,44,49)(H4,41,42,43);2*1H. The van der Waals surface area contributed by atoms with E-state index in [1.54, 1.807) is 54.4 Å². The lowest BCUT2D eigenvalue weighted by Gasteiger charge is -2.35. The first-order valence-electron chi connectivity index (χ1n) is 18.2. The number of methoxy groups -OCH3 is 1. The molecule has 5 N–H and O–H groups in total. The molecule has 13 nitrogen and oxygen atoms in total. The number of para-hydroxylation sites is 1. The number of halogens is 2. The summed E-state index contributed by atoms with van der Waals surface area (Å²) in [5.74, 6) is 0.792. The fraction of sp³-hybridized carbons (Fsp3) is 0.450. The van der Waals surface area contributed by atoms with Crippen molar-refractivity contribution in [2.24, 2.45) is 5.73 Å². The van der Waals surface area contributed by atoms with Crippen molar-refractivity contribution in [2.75, 3.05) is 71.3 Å². The highest BCUT2D eigenvalue weighted by Crippen LogP contribution is 2.32. The number of carbonyl (C=O) groups is 3. The zero-order valence-electron chi connectivity index (χ0n) is 32.5. The van der Waals surface area contributed by atoms with Crippen molar-refractivity contribution in [1.29, 1.82) is 5.41 Å². The number of amides is 3. The van der Waals surface area contributed by atoms with Crippen LogP contribution in [0.1, 0.15) is 71.2 Å². The van der Waals surface area contributed by atoms with Crippen LogP contribution in [0.25, 0.3) is 0 Å². The molecule has 1 saturated heterocycles. The van der Waals surface area contributed by atoms with Crippen LogP contribution >= 0.6 is 24.8 Å². The van der Waals surface area contributed by atoms with E-state index < -0.39 is 5.91 Å². The molecular weight excluding hydrogens is 745 g/mol. The lowest BCUT2D eigenvalue weighted by Crippen LogP contribution is -2.44. The molecule has 0 radical (unpaired) electrons. The van der Waals surface area contributed by atoms with E-state index in [-0.39, 0.29) is 42.6 Å². The van der Waals surface area contributed by atoms with E-state index in [4.69, 9.17) is 25.4 Å². The van der Waals surface area contributed by atoms with Crippen molar-refractivity contribution in [2.45, 2.75) is 57.9 Å². The number of piperidine rings is 1. The number of rotatable bonds is 18. The van der Waals surface area contributed by atoms with Crippen LogP contribution in [0.4, 0.5) is 11.4 Å². The number of hydrogen-bond acceptors (Lipinski definition) is 8. The van der Waals surface area contributed by atoms with Crippen LogP contribution in [0.2, 0.25) is 0 Å². The molecule has 3 aromatic rings. The Bertz CT molecular complexity index is 1720. The largest absolute Gasteiger partial charge is 0.495 e. The molecule has 0 atom stereocenters. The van der Waals surface area contributed by atoms with Gasteiger partial charge in [0.2, 0.25) is 5.91 Å². The van der Waals surface area contributed by atoms with Gasteiger partial charge >= 0.3 is 0 Å². The average Bonchev–Trinajstić information content (AvgIpc) is 3.15. The van der Waals surface area contributed by atoms with Gasteiger partial charge in [0.15, 0.2) is 5.96 Å². The van der Waals surface area contributed by atoms with E-state index >= 15 is 0 Å². The molecule has 1 heterocycles. The molecule has 4 rings (SSSR count). The highest BCUT2D eigenvalue weighted by Gasteiger charge is 2.24. The number of ether oxygens (including phenoxy) is 3. The van der Waals surface area contributed by atoms with Crippen molar-refractivity contribution in [1.82, 2.24) is 15.1 Å². The predicted molar refractivity (Wildman–Crippen MR) is 223 cm³/mol. The predicted octanol–water partition coefficient (Wildman–Crippen LogP) is 6.12. The average molecular weight is 803 g/mol. The fourth-order valence-electron chi connectivity index (χ4n) is 6.22. The summed E-state index contributed by atoms with van der Waals surface area (Å²) in [5, 5.41) is 12.8. The monoisotopic (exact) mass is 801 g/mol. The van der Waals surface area contributed by atoms with Crippen molar-refractivity contribution >= 4 is 59.9 Å². The van der Waals surface area contributed by atoms with Gasteiger partial charge in [-0.05, 0) is 108 Å². The van der Waals surface area contributed by atoms with Crippen LogP contribution in [-0.4, -0.2) is 101 Å². The minimum atomic E-state index is -0.398. The first-order chi connectivity index (χ1) is 25.5. The highest BCUT2D eigenvalue weighted by molar-refractivity contribution is 6.09. The third kappa shape index (κ3) is 13.8. The van der Waals surface area contributed by atoms with E-state index in [0.29, 0.717) is 78.4 Å². The van der Waals surface area contributed by atoms with Gasteiger partial charge in [-0.15, -0.1) is 24.8 Å². The molecule has 302 valence electrons. The van der Waals surface area contributed by atoms with Crippen molar-refractivity contribution in [3.63, 3.8) is 0 Å². The van der Waals surface area contributed by atoms with E-state index in [2.05, 4.69) is 29.6 Å². The summed E-state index contributed by atoms with van der Waals surface area (Å²) in [6, 6.07) is 18.1. The van der Waals surface area contributed by atoms with Gasteiger partial charge in [0.1, 0.15) is 17.2 Å². The van der Waals surface area contributed by atoms with Crippen LogP contribution < -0.4 is 35.5 Å². The van der Waals surface area contributed by atoms with Crippen LogP contribution in [0, 0.1) is 12.3 Å². The number of likely N-dealkylation sites (tertiary alicyclic amines) is 1. The van der Waals surface area contributed by atoms with Crippen molar-refractivity contribution < 1.29 is 28.6 Å². The number of benzene rings is 3. The van der Waals surface area contributed by atoms with E-state index in [1.807, 2.05) is 30.0 Å². The normalized spacial score (nSPS) is 12.5. The summed E-state index contributed by atoms with van der Waals surface area (Å²) >= 11 is 0. The number of anilines is 2. The Morgan fingerprint density at radius 1 is 0.873 bits per heavy atom. The number of nitrogens with zero attached hydrogens (tertiary/aromatic N) is 3. The molecule has 1 aliphatic rings. The molecule has 0 spiro atoms. The highest BCUT2D eigenvalue weighted by atomic mass is 35.5. The number of unbranched alkanes of at least 4 members (excludes halogenated alkanes) is 2. The van der Waals surface area contributed by atoms with Gasteiger partial charge in [0.25, 0.3) is 11.8 Å². The first kappa shape index (κ1) is 46.4. The number of guanidine groups is 1. The summed E-state index contributed by atoms with van der Waals surface area (Å²) in [4.78, 5) is 45.6. The van der Waals surface area contributed by atoms with Gasteiger partial charge in [0, 0.05) is 44.7 Å². The lowest BCUT2D eigenvalue weighted by atomic mass is 10.0. The van der Waals surface area contributed by atoms with Crippen molar-refractivity contribution in [3.8, 4) is 17.2 Å². The van der Waals surface area contributed by atoms with E-state index in [9.17, 15) is 14.4 Å². The molecule has 0 aromatic heterocycles. The topological polar surface area (TPSA) is 163 Å². The van der Waals surface area contributed by atoms with Crippen LogP contribution in [-0.2, 0) is 4.79 Å². The molecule has 3 amide bonds. The summed E-state index contributed by atoms with van der Waals surface area (Å²) in [6.45, 7) is 4.90. The van der Waals surface area contributed by atoms with Gasteiger partial charge in [0.05, 0.1) is 37.3 Å². The summed E-state index contributed by atoms with van der Waals surface area (Å²) in [5.41, 5.74) is 8.05. The zero-order valence-corrected chi connectivity index (χ0v) is 34.2. The Hall–Kier alpha value is -4.72. The quantitative estimate of drug-likeness (QED) is 0.0675. The third-order valence-electron chi connectivity index (χ3n) is 9.34. The molecule has 55 heavy (non-hydrogen) atoms. The summed E-state index contributed by atoms with van der Waals surface area (Å²) in [7, 11) is 7.37. The van der Waals surface area contributed by atoms with Crippen LogP contribution in [0.3, 0.4) is 0 Å². The number of nitrogens with two attached hydrogens (primary N) is 1. The van der Waals surface area contributed by atoms with E-state index in [1.165, 1.54) is 7.11 Å². The zero-order chi connectivity index (χ0) is 38.3. The van der Waals surface area contributed by atoms with Crippen molar-refractivity contribution in [3.05, 3.63) is 77.4 Å². The Morgan fingerprint density at radius 2 is 1.56 bits per heavy atom. The molecule has 0 bridgehead atoms. The maximum absolute atomic E-state index is 13.7. The Balaban J connectivity index is 0.00000523. The molecular formula is C40H57Cl2N7O6. The second-order valence-corrected chi connectivity index (χ2v) is 13.5. The first-order valence-corrected chi connectivity index (χ1v) is 18.2. The Morgan fingerprint density at radius 3 is 2.25 bits per heavy atom. The fourth-order valence-corrected chi connectivity index (χ4v) is 6.22. The maximum atomic E-state index is 13.7. The van der Waals surface area contributed by atoms with Gasteiger partial charge in [-0.25, -0.2) is 0 Å². The minimum absolute atomic E-state index is 0. The smallest absolute Gasteiger partial charge is 0.259 e. The molecule has 15 heteroatoms. The second-order valence-electron chi connectivity index (χ2n) is 13.5. The SMILES string of the molecule is COc1cc(C(=O)N(C)c2ccc(C)cc2OCCCCCC(=O)N2CCC(N(C)C)CC2)ccc1NC(=O)c1ccccc1OCCCNC(=N)N.Cl.Cl. The lowest BCUT2D eigenvalue weighted by molar-refractivity contribution is -0.132. The van der Waals surface area contributed by atoms with Gasteiger partial charge in [-0.3, -0.25) is 19.8 Å². The molecule has 1 aliphatic heterocycles. The molecule has 0 aliphatic carbocycles. The summed E-state index contributed by atoms with van der Waals surface area (Å²) < 4.78 is 17.6. The molecule has 0 unspecified atom stereocenters. The van der Waals surface area contributed by atoms with Crippen LogP contribution in [0.5, 0.6) is 17.2 Å². The van der Waals surface area contributed by atoms with Gasteiger partial charge in [-0.1, -0.05) is 18.2 Å².